The number of aromatic hydroxyl groups is 1. The highest BCUT2D eigenvalue weighted by Gasteiger charge is 2.36. The molecular formula is C34H51N3O5. The fraction of sp³-hybridized carbons (Fsp3) is 0.559. The monoisotopic (exact) mass is 581 g/mol. The smallest absolute Gasteiger partial charge is 0.408 e. The zero-order valence-electron chi connectivity index (χ0n) is 26.6. The minimum Gasteiger partial charge on any atom is -0.508 e. The Balaban J connectivity index is 2.57. The highest BCUT2D eigenvalue weighted by molar-refractivity contribution is 5.92. The lowest BCUT2D eigenvalue weighted by atomic mass is 9.95. The van der Waals surface area contributed by atoms with Gasteiger partial charge in [0.1, 0.15) is 23.4 Å². The Morgan fingerprint density at radius 3 is 2.19 bits per heavy atom. The maximum absolute atomic E-state index is 14.5. The maximum Gasteiger partial charge on any atom is 0.408 e. The number of unbranched alkanes of at least 4 members (excludes halogenated alkanes) is 4. The highest BCUT2D eigenvalue weighted by Crippen LogP contribution is 2.28. The first kappa shape index (κ1) is 34.7. The Morgan fingerprint density at radius 2 is 1.57 bits per heavy atom. The molecule has 0 fully saturated rings. The van der Waals surface area contributed by atoms with Crippen molar-refractivity contribution in [3.05, 3.63) is 64.7 Å². The average molecular weight is 582 g/mol. The molecule has 3 N–H and O–H groups in total. The number of ether oxygens (including phenoxy) is 1. The van der Waals surface area contributed by atoms with Gasteiger partial charge < -0.3 is 25.4 Å². The molecule has 0 aliphatic rings. The Bertz CT molecular complexity index is 1160. The summed E-state index contributed by atoms with van der Waals surface area (Å²) >= 11 is 0. The quantitative estimate of drug-likeness (QED) is 0.208. The van der Waals surface area contributed by atoms with Crippen molar-refractivity contribution in [2.45, 2.75) is 111 Å². The number of hydrogen-bond donors (Lipinski definition) is 3. The third kappa shape index (κ3) is 11.4. The standard InChI is InChI=1S/C34H51N3O5/c1-8-10-12-20-35-31(39)30(28-22-24(3)14-15-25(28)4)37(21-13-11-9-2)32(40)29(36-33(41)42-34(5,6)7)23-26-16-18-27(38)19-17-26/h14-19,22,29-30,38H,8-13,20-21,23H2,1-7H3,(H,35,39)(H,36,41). The first-order chi connectivity index (χ1) is 19.9. The Labute approximate surface area is 252 Å². The molecule has 2 aromatic rings. The van der Waals surface area contributed by atoms with Crippen molar-refractivity contribution in [2.75, 3.05) is 13.1 Å². The Hall–Kier alpha value is -3.55. The molecular weight excluding hydrogens is 530 g/mol. The van der Waals surface area contributed by atoms with Crippen LogP contribution in [0.1, 0.15) is 101 Å². The van der Waals surface area contributed by atoms with E-state index in [0.29, 0.717) is 19.5 Å². The van der Waals surface area contributed by atoms with Crippen LogP contribution in [0.4, 0.5) is 4.79 Å². The molecule has 0 aliphatic heterocycles. The van der Waals surface area contributed by atoms with E-state index < -0.39 is 23.8 Å². The van der Waals surface area contributed by atoms with Crippen LogP contribution < -0.4 is 10.6 Å². The third-order valence-corrected chi connectivity index (χ3v) is 7.02. The van der Waals surface area contributed by atoms with E-state index in [-0.39, 0.29) is 24.0 Å². The van der Waals surface area contributed by atoms with E-state index in [9.17, 15) is 19.5 Å². The molecule has 232 valence electrons. The van der Waals surface area contributed by atoms with E-state index in [1.807, 2.05) is 32.0 Å². The summed E-state index contributed by atoms with van der Waals surface area (Å²) in [6, 6.07) is 10.6. The van der Waals surface area contributed by atoms with Crippen LogP contribution in [0.3, 0.4) is 0 Å². The number of amides is 3. The van der Waals surface area contributed by atoms with Crippen LogP contribution in [0.2, 0.25) is 0 Å². The molecule has 0 spiro atoms. The summed E-state index contributed by atoms with van der Waals surface area (Å²) < 4.78 is 5.52. The van der Waals surface area contributed by atoms with Crippen molar-refractivity contribution < 1.29 is 24.2 Å². The number of carbonyl (C=O) groups excluding carboxylic acids is 3. The van der Waals surface area contributed by atoms with Gasteiger partial charge in [0.05, 0.1) is 0 Å². The van der Waals surface area contributed by atoms with Crippen LogP contribution in [0.15, 0.2) is 42.5 Å². The van der Waals surface area contributed by atoms with Crippen molar-refractivity contribution in [3.8, 4) is 5.75 Å². The van der Waals surface area contributed by atoms with Crippen LogP contribution in [-0.4, -0.2) is 52.6 Å². The lowest BCUT2D eigenvalue weighted by Gasteiger charge is -2.35. The van der Waals surface area contributed by atoms with Crippen LogP contribution in [-0.2, 0) is 20.7 Å². The number of alkyl carbamates (subject to hydrolysis) is 1. The predicted octanol–water partition coefficient (Wildman–Crippen LogP) is 6.51. The van der Waals surface area contributed by atoms with Gasteiger partial charge in [0.2, 0.25) is 11.8 Å². The number of nitrogens with zero attached hydrogens (tertiary/aromatic N) is 1. The van der Waals surface area contributed by atoms with E-state index in [4.69, 9.17) is 4.74 Å². The van der Waals surface area contributed by atoms with Gasteiger partial charge in [-0.2, -0.15) is 0 Å². The van der Waals surface area contributed by atoms with E-state index in [2.05, 4.69) is 24.5 Å². The van der Waals surface area contributed by atoms with Crippen molar-refractivity contribution in [1.82, 2.24) is 15.5 Å². The summed E-state index contributed by atoms with van der Waals surface area (Å²) in [5.41, 5.74) is 2.68. The van der Waals surface area contributed by atoms with Gasteiger partial charge in [-0.25, -0.2) is 4.79 Å². The number of benzene rings is 2. The van der Waals surface area contributed by atoms with E-state index >= 15 is 0 Å². The van der Waals surface area contributed by atoms with Gasteiger partial charge in [-0.3, -0.25) is 9.59 Å². The molecule has 0 heterocycles. The summed E-state index contributed by atoms with van der Waals surface area (Å²) in [5.74, 6) is -0.484. The molecule has 0 radical (unpaired) electrons. The van der Waals surface area contributed by atoms with Crippen LogP contribution >= 0.6 is 0 Å². The first-order valence-electron chi connectivity index (χ1n) is 15.3. The molecule has 2 unspecified atom stereocenters. The van der Waals surface area contributed by atoms with Gasteiger partial charge in [0.25, 0.3) is 0 Å². The lowest BCUT2D eigenvalue weighted by molar-refractivity contribution is -0.142. The molecule has 0 saturated carbocycles. The average Bonchev–Trinajstić information content (AvgIpc) is 2.91. The SMILES string of the molecule is CCCCCNC(=O)C(c1cc(C)ccc1C)N(CCCCC)C(=O)C(Cc1ccc(O)cc1)NC(=O)OC(C)(C)C. The number of rotatable bonds is 15. The first-order valence-corrected chi connectivity index (χ1v) is 15.3. The fourth-order valence-electron chi connectivity index (χ4n) is 4.80. The topological polar surface area (TPSA) is 108 Å². The van der Waals surface area contributed by atoms with Crippen molar-refractivity contribution in [2.24, 2.45) is 0 Å². The fourth-order valence-corrected chi connectivity index (χ4v) is 4.80. The number of nitrogens with one attached hydrogen (secondary N) is 2. The number of phenolic OH excluding ortho intramolecular Hbond substituents is 1. The Morgan fingerprint density at radius 1 is 0.929 bits per heavy atom. The summed E-state index contributed by atoms with van der Waals surface area (Å²) in [6.45, 7) is 14.3. The minimum atomic E-state index is -0.994. The zero-order valence-corrected chi connectivity index (χ0v) is 26.6. The number of phenols is 1. The summed E-state index contributed by atoms with van der Waals surface area (Å²) in [5, 5.41) is 15.7. The summed E-state index contributed by atoms with van der Waals surface area (Å²) in [7, 11) is 0. The summed E-state index contributed by atoms with van der Waals surface area (Å²) in [6.07, 6.45) is 4.91. The van der Waals surface area contributed by atoms with Crippen molar-refractivity contribution in [3.63, 3.8) is 0 Å². The number of carbonyl (C=O) groups is 3. The van der Waals surface area contributed by atoms with Gasteiger partial charge in [-0.1, -0.05) is 75.4 Å². The molecule has 8 heteroatoms. The van der Waals surface area contributed by atoms with Crippen LogP contribution in [0.25, 0.3) is 0 Å². The van der Waals surface area contributed by atoms with Crippen molar-refractivity contribution >= 4 is 17.9 Å². The van der Waals surface area contributed by atoms with E-state index in [1.54, 1.807) is 49.9 Å². The molecule has 0 aliphatic carbocycles. The highest BCUT2D eigenvalue weighted by atomic mass is 16.6. The second kappa shape index (κ2) is 16.8. The number of aryl methyl sites for hydroxylation is 2. The molecule has 3 amide bonds. The summed E-state index contributed by atoms with van der Waals surface area (Å²) in [4.78, 5) is 43.0. The van der Waals surface area contributed by atoms with Gasteiger partial charge in [0.15, 0.2) is 0 Å². The largest absolute Gasteiger partial charge is 0.508 e. The Kier molecular flexibility index (Phi) is 13.8. The van der Waals surface area contributed by atoms with Crippen LogP contribution in [0.5, 0.6) is 5.75 Å². The van der Waals surface area contributed by atoms with Crippen LogP contribution in [0, 0.1) is 13.8 Å². The molecule has 0 aromatic heterocycles. The van der Waals surface area contributed by atoms with Gasteiger partial charge in [-0.15, -0.1) is 0 Å². The van der Waals surface area contributed by atoms with Gasteiger partial charge in [-0.05, 0) is 76.3 Å². The second-order valence-electron chi connectivity index (χ2n) is 12.1. The minimum absolute atomic E-state index is 0.109. The predicted molar refractivity (Wildman–Crippen MR) is 167 cm³/mol. The normalized spacial score (nSPS) is 12.7. The van der Waals surface area contributed by atoms with Gasteiger partial charge in [0, 0.05) is 19.5 Å². The maximum atomic E-state index is 14.5. The van der Waals surface area contributed by atoms with E-state index in [1.165, 1.54) is 0 Å². The molecule has 2 aromatic carbocycles. The molecule has 8 nitrogen and oxygen atoms in total. The molecule has 2 rings (SSSR count). The van der Waals surface area contributed by atoms with Crippen molar-refractivity contribution in [1.29, 1.82) is 0 Å². The molecule has 0 bridgehead atoms. The number of hydrogen-bond acceptors (Lipinski definition) is 5. The van der Waals surface area contributed by atoms with Gasteiger partial charge >= 0.3 is 6.09 Å². The third-order valence-electron chi connectivity index (χ3n) is 7.02. The lowest BCUT2D eigenvalue weighted by Crippen LogP contribution is -2.54. The molecule has 0 saturated heterocycles. The zero-order chi connectivity index (χ0) is 31.3. The second-order valence-corrected chi connectivity index (χ2v) is 12.1. The molecule has 42 heavy (non-hydrogen) atoms. The van der Waals surface area contributed by atoms with E-state index in [0.717, 1.165) is 54.4 Å². The molecule has 2 atom stereocenters.